The highest BCUT2D eigenvalue weighted by Crippen LogP contribution is 2.28. The van der Waals surface area contributed by atoms with Gasteiger partial charge in [0.2, 0.25) is 0 Å². The number of aryl methyl sites for hydroxylation is 1. The Kier molecular flexibility index (Phi) is 6.19. The van der Waals surface area contributed by atoms with E-state index in [0.29, 0.717) is 29.5 Å². The van der Waals surface area contributed by atoms with E-state index < -0.39 is 0 Å². The van der Waals surface area contributed by atoms with E-state index in [-0.39, 0.29) is 5.91 Å². The maximum absolute atomic E-state index is 12.6. The van der Waals surface area contributed by atoms with Crippen LogP contribution in [0.4, 0.5) is 0 Å². The van der Waals surface area contributed by atoms with Crippen molar-refractivity contribution in [3.63, 3.8) is 0 Å². The molecule has 1 aromatic heterocycles. The molecule has 3 rings (SSSR count). The lowest BCUT2D eigenvalue weighted by Gasteiger charge is -2.17. The van der Waals surface area contributed by atoms with Crippen LogP contribution in [0.5, 0.6) is 5.75 Å². The van der Waals surface area contributed by atoms with Crippen LogP contribution < -0.4 is 4.74 Å². The minimum Gasteiger partial charge on any atom is -0.487 e. The van der Waals surface area contributed by atoms with Gasteiger partial charge in [0, 0.05) is 30.3 Å². The minimum absolute atomic E-state index is 0.0420. The van der Waals surface area contributed by atoms with Crippen LogP contribution in [0.1, 0.15) is 21.6 Å². The van der Waals surface area contributed by atoms with Gasteiger partial charge in [0.15, 0.2) is 0 Å². The van der Waals surface area contributed by atoms with Gasteiger partial charge in [-0.05, 0) is 42.0 Å². The van der Waals surface area contributed by atoms with Gasteiger partial charge in [-0.25, -0.2) is 0 Å². The molecule has 0 bridgehead atoms. The Hall–Kier alpha value is -2.31. The van der Waals surface area contributed by atoms with Gasteiger partial charge in [-0.1, -0.05) is 39.7 Å². The van der Waals surface area contributed by atoms with E-state index in [1.165, 1.54) is 0 Å². The average molecular weight is 449 g/mol. The summed E-state index contributed by atoms with van der Waals surface area (Å²) in [6.07, 6.45) is 1.72. The Labute approximate surface area is 171 Å². The monoisotopic (exact) mass is 447 g/mol. The predicted molar refractivity (Wildman–Crippen MR) is 109 cm³/mol. The summed E-state index contributed by atoms with van der Waals surface area (Å²) in [5, 5.41) is 4.67. The second-order valence-corrected chi connectivity index (χ2v) is 7.49. The fraction of sp³-hybridized carbons (Fsp3) is 0.200. The third kappa shape index (κ3) is 4.90. The Balaban J connectivity index is 1.60. The van der Waals surface area contributed by atoms with Crippen LogP contribution in [-0.2, 0) is 20.2 Å². The van der Waals surface area contributed by atoms with Crippen LogP contribution in [0.15, 0.2) is 59.2 Å². The van der Waals surface area contributed by atoms with Crippen molar-refractivity contribution in [3.05, 3.63) is 81.0 Å². The molecule has 140 valence electrons. The fourth-order valence-electron chi connectivity index (χ4n) is 2.59. The van der Waals surface area contributed by atoms with Crippen molar-refractivity contribution in [2.75, 3.05) is 7.05 Å². The smallest absolute Gasteiger partial charge is 0.253 e. The van der Waals surface area contributed by atoms with E-state index in [9.17, 15) is 4.79 Å². The van der Waals surface area contributed by atoms with Crippen molar-refractivity contribution in [2.45, 2.75) is 13.2 Å². The van der Waals surface area contributed by atoms with Crippen molar-refractivity contribution < 1.29 is 9.53 Å². The van der Waals surface area contributed by atoms with Crippen molar-refractivity contribution >= 4 is 33.4 Å². The van der Waals surface area contributed by atoms with E-state index in [0.717, 1.165) is 15.7 Å². The van der Waals surface area contributed by atoms with Gasteiger partial charge in [0.05, 0.1) is 17.3 Å². The zero-order valence-corrected chi connectivity index (χ0v) is 17.4. The molecule has 0 saturated carbocycles. The summed E-state index contributed by atoms with van der Waals surface area (Å²) >= 11 is 9.52. The lowest BCUT2D eigenvalue weighted by atomic mass is 10.1. The van der Waals surface area contributed by atoms with Crippen molar-refractivity contribution in [3.8, 4) is 5.75 Å². The van der Waals surface area contributed by atoms with Crippen LogP contribution in [0.3, 0.4) is 0 Å². The lowest BCUT2D eigenvalue weighted by Crippen LogP contribution is -2.27. The third-order valence-corrected chi connectivity index (χ3v) is 4.95. The molecule has 0 N–H and O–H groups in total. The molecular weight excluding hydrogens is 430 g/mol. The van der Waals surface area contributed by atoms with Gasteiger partial charge < -0.3 is 9.64 Å². The summed E-state index contributed by atoms with van der Waals surface area (Å²) in [4.78, 5) is 14.3. The summed E-state index contributed by atoms with van der Waals surface area (Å²) in [6, 6.07) is 14.8. The molecule has 2 aromatic carbocycles. The number of hydrogen-bond donors (Lipinski definition) is 0. The van der Waals surface area contributed by atoms with Gasteiger partial charge in [0.25, 0.3) is 5.91 Å². The highest BCUT2D eigenvalue weighted by Gasteiger charge is 2.13. The molecule has 1 amide bonds. The van der Waals surface area contributed by atoms with Crippen LogP contribution in [0.2, 0.25) is 5.02 Å². The predicted octanol–water partition coefficient (Wildman–Crippen LogP) is 4.69. The fourth-order valence-corrected chi connectivity index (χ4v) is 3.32. The van der Waals surface area contributed by atoms with Crippen LogP contribution >= 0.6 is 27.5 Å². The topological polar surface area (TPSA) is 47.4 Å². The molecule has 5 nitrogen and oxygen atoms in total. The normalized spacial score (nSPS) is 10.7. The van der Waals surface area contributed by atoms with Crippen molar-refractivity contribution in [1.29, 1.82) is 0 Å². The highest BCUT2D eigenvalue weighted by molar-refractivity contribution is 9.10. The van der Waals surface area contributed by atoms with Gasteiger partial charge in [-0.2, -0.15) is 5.10 Å². The first-order valence-electron chi connectivity index (χ1n) is 8.33. The van der Waals surface area contributed by atoms with Gasteiger partial charge in [0.1, 0.15) is 12.4 Å². The Morgan fingerprint density at radius 3 is 2.59 bits per heavy atom. The Morgan fingerprint density at radius 2 is 1.96 bits per heavy atom. The van der Waals surface area contributed by atoms with E-state index in [1.54, 1.807) is 28.9 Å². The number of aromatic nitrogens is 2. The van der Waals surface area contributed by atoms with Crippen molar-refractivity contribution in [2.24, 2.45) is 7.05 Å². The number of carbonyl (C=O) groups excluding carboxylic acids is 1. The number of benzene rings is 2. The third-order valence-electron chi connectivity index (χ3n) is 4.16. The second-order valence-electron chi connectivity index (χ2n) is 6.17. The summed E-state index contributed by atoms with van der Waals surface area (Å²) in [5.74, 6) is 0.579. The molecule has 0 fully saturated rings. The van der Waals surface area contributed by atoms with Crippen LogP contribution in [-0.4, -0.2) is 27.6 Å². The number of rotatable bonds is 6. The first-order valence-corrected chi connectivity index (χ1v) is 9.50. The molecule has 1 heterocycles. The molecule has 27 heavy (non-hydrogen) atoms. The largest absolute Gasteiger partial charge is 0.487 e. The number of carbonyl (C=O) groups is 1. The zero-order valence-electron chi connectivity index (χ0n) is 15.0. The maximum Gasteiger partial charge on any atom is 0.253 e. The Bertz CT molecular complexity index is 941. The number of hydrogen-bond acceptors (Lipinski definition) is 3. The summed E-state index contributed by atoms with van der Waals surface area (Å²) in [5.41, 5.74) is 2.56. The molecule has 0 aliphatic heterocycles. The van der Waals surface area contributed by atoms with Gasteiger partial charge in [-0.3, -0.25) is 9.48 Å². The van der Waals surface area contributed by atoms with Crippen LogP contribution in [0.25, 0.3) is 0 Å². The average Bonchev–Trinajstić information content (AvgIpc) is 3.05. The first-order chi connectivity index (χ1) is 12.9. The molecule has 0 unspecified atom stereocenters. The van der Waals surface area contributed by atoms with Crippen molar-refractivity contribution in [1.82, 2.24) is 14.7 Å². The second kappa shape index (κ2) is 8.59. The number of halogens is 2. The molecule has 3 aromatic rings. The zero-order chi connectivity index (χ0) is 19.4. The van der Waals surface area contributed by atoms with E-state index >= 15 is 0 Å². The van der Waals surface area contributed by atoms with Crippen LogP contribution in [0, 0.1) is 0 Å². The van der Waals surface area contributed by atoms with E-state index in [2.05, 4.69) is 21.0 Å². The molecule has 0 spiro atoms. The minimum atomic E-state index is -0.0420. The molecular formula is C20H19BrClN3O2. The lowest BCUT2D eigenvalue weighted by molar-refractivity contribution is 0.0782. The molecule has 0 aliphatic rings. The van der Waals surface area contributed by atoms with E-state index in [4.69, 9.17) is 16.3 Å². The molecule has 0 saturated heterocycles. The standard InChI is InChI=1S/C20H19BrClN3O2/c1-24(12-17-9-10-23-25(17)2)20(26)15-5-3-14(4-6-15)13-27-19-8-7-16(21)11-18(19)22/h3-11H,12-13H2,1-2H3. The SMILES string of the molecule is CN(Cc1ccnn1C)C(=O)c1ccc(COc2ccc(Br)cc2Cl)cc1. The Morgan fingerprint density at radius 1 is 1.22 bits per heavy atom. The van der Waals surface area contributed by atoms with Gasteiger partial charge >= 0.3 is 0 Å². The molecule has 0 radical (unpaired) electrons. The number of amides is 1. The summed E-state index contributed by atoms with van der Waals surface area (Å²) in [6.45, 7) is 0.878. The summed E-state index contributed by atoms with van der Waals surface area (Å²) < 4.78 is 8.41. The number of nitrogens with zero attached hydrogens (tertiary/aromatic N) is 3. The maximum atomic E-state index is 12.6. The molecule has 0 aliphatic carbocycles. The number of ether oxygens (including phenoxy) is 1. The molecule has 7 heteroatoms. The van der Waals surface area contributed by atoms with Gasteiger partial charge in [-0.15, -0.1) is 0 Å². The van der Waals surface area contributed by atoms with E-state index in [1.807, 2.05) is 49.5 Å². The first kappa shape index (κ1) is 19.5. The molecule has 0 atom stereocenters. The highest BCUT2D eigenvalue weighted by atomic mass is 79.9. The quantitative estimate of drug-likeness (QED) is 0.550. The summed E-state index contributed by atoms with van der Waals surface area (Å²) in [7, 11) is 3.64.